The quantitative estimate of drug-likeness (QED) is 0.932. The second kappa shape index (κ2) is 5.85. The third-order valence-electron chi connectivity index (χ3n) is 3.48. The number of nitrogens with one attached hydrogen (secondary N) is 1. The van der Waals surface area contributed by atoms with Crippen molar-refractivity contribution in [1.29, 1.82) is 0 Å². The topological polar surface area (TPSA) is 38.3 Å². The summed E-state index contributed by atoms with van der Waals surface area (Å²) in [4.78, 5) is 12.0. The smallest absolute Gasteiger partial charge is 0.251 e. The van der Waals surface area contributed by atoms with Gasteiger partial charge in [0.05, 0.1) is 0 Å². The Kier molecular flexibility index (Phi) is 4.40. The molecule has 0 unspecified atom stereocenters. The third kappa shape index (κ3) is 3.56. The van der Waals surface area contributed by atoms with E-state index >= 15 is 0 Å². The summed E-state index contributed by atoms with van der Waals surface area (Å²) in [5.41, 5.74) is 0.873. The zero-order chi connectivity index (χ0) is 13.0. The maximum absolute atomic E-state index is 12.0. The van der Waals surface area contributed by atoms with Crippen molar-refractivity contribution in [1.82, 2.24) is 5.32 Å². The number of hydrogen-bond acceptors (Lipinski definition) is 2. The molecule has 1 heterocycles. The molecule has 0 aliphatic carbocycles. The first-order valence-electron chi connectivity index (χ1n) is 6.21. The Morgan fingerprint density at radius 3 is 2.56 bits per heavy atom. The van der Waals surface area contributed by atoms with E-state index in [4.69, 9.17) is 4.74 Å². The van der Waals surface area contributed by atoms with Gasteiger partial charge in [-0.3, -0.25) is 4.79 Å². The molecule has 0 spiro atoms. The van der Waals surface area contributed by atoms with Crippen molar-refractivity contribution in [3.05, 3.63) is 34.3 Å². The van der Waals surface area contributed by atoms with Crippen molar-refractivity contribution < 1.29 is 9.53 Å². The van der Waals surface area contributed by atoms with Crippen molar-refractivity contribution in [2.45, 2.75) is 19.8 Å². The lowest BCUT2D eigenvalue weighted by Crippen LogP contribution is -2.39. The van der Waals surface area contributed by atoms with Gasteiger partial charge in [0.2, 0.25) is 0 Å². The largest absolute Gasteiger partial charge is 0.381 e. The Hall–Kier alpha value is -0.870. The van der Waals surface area contributed by atoms with Gasteiger partial charge in [0.25, 0.3) is 5.91 Å². The van der Waals surface area contributed by atoms with Crippen molar-refractivity contribution in [3.63, 3.8) is 0 Å². The summed E-state index contributed by atoms with van der Waals surface area (Å²) in [6.07, 6.45) is 2.02. The average Bonchev–Trinajstić information content (AvgIpc) is 2.38. The molecule has 4 heteroatoms. The monoisotopic (exact) mass is 311 g/mol. The summed E-state index contributed by atoms with van der Waals surface area (Å²) in [7, 11) is 0. The van der Waals surface area contributed by atoms with Gasteiger partial charge in [-0.15, -0.1) is 0 Å². The van der Waals surface area contributed by atoms with E-state index in [1.165, 1.54) is 0 Å². The summed E-state index contributed by atoms with van der Waals surface area (Å²) in [6, 6.07) is 7.41. The minimum absolute atomic E-state index is 0.00443. The van der Waals surface area contributed by atoms with Crippen LogP contribution < -0.4 is 5.32 Å². The van der Waals surface area contributed by atoms with Crippen LogP contribution in [-0.2, 0) is 4.74 Å². The lowest BCUT2D eigenvalue weighted by molar-refractivity contribution is 0.0238. The number of carbonyl (C=O) groups excluding carboxylic acids is 1. The Morgan fingerprint density at radius 1 is 1.33 bits per heavy atom. The summed E-state index contributed by atoms with van der Waals surface area (Å²) >= 11 is 3.36. The number of benzene rings is 1. The van der Waals surface area contributed by atoms with E-state index in [9.17, 15) is 4.79 Å². The second-order valence-corrected chi connectivity index (χ2v) is 6.03. The van der Waals surface area contributed by atoms with Crippen LogP contribution in [0.1, 0.15) is 30.1 Å². The number of amides is 1. The standard InChI is InChI=1S/C14H18BrNO2/c1-14(6-8-18-9-7-14)10-16-13(17)11-2-4-12(15)5-3-11/h2-5H,6-10H2,1H3,(H,16,17). The number of hydrogen-bond donors (Lipinski definition) is 1. The van der Waals surface area contributed by atoms with Gasteiger partial charge < -0.3 is 10.1 Å². The van der Waals surface area contributed by atoms with Crippen molar-refractivity contribution in [3.8, 4) is 0 Å². The molecule has 3 nitrogen and oxygen atoms in total. The number of carbonyl (C=O) groups is 1. The fraction of sp³-hybridized carbons (Fsp3) is 0.500. The predicted octanol–water partition coefficient (Wildman–Crippen LogP) is 3.00. The molecular formula is C14H18BrNO2. The van der Waals surface area contributed by atoms with E-state index < -0.39 is 0 Å². The van der Waals surface area contributed by atoms with Gasteiger partial charge in [0, 0.05) is 29.8 Å². The predicted molar refractivity (Wildman–Crippen MR) is 74.6 cm³/mol. The van der Waals surface area contributed by atoms with Crippen LogP contribution in [0.3, 0.4) is 0 Å². The van der Waals surface area contributed by atoms with E-state index in [0.29, 0.717) is 12.1 Å². The molecule has 0 aromatic heterocycles. The minimum atomic E-state index is -0.00443. The van der Waals surface area contributed by atoms with Crippen LogP contribution in [0.25, 0.3) is 0 Å². The molecule has 18 heavy (non-hydrogen) atoms. The van der Waals surface area contributed by atoms with Gasteiger partial charge in [0.15, 0.2) is 0 Å². The molecule has 0 atom stereocenters. The normalized spacial score (nSPS) is 18.3. The van der Waals surface area contributed by atoms with E-state index in [1.807, 2.05) is 24.3 Å². The van der Waals surface area contributed by atoms with Gasteiger partial charge in [0.1, 0.15) is 0 Å². The van der Waals surface area contributed by atoms with Crippen LogP contribution in [0.5, 0.6) is 0 Å². The van der Waals surface area contributed by atoms with Crippen molar-refractivity contribution in [2.24, 2.45) is 5.41 Å². The summed E-state index contributed by atoms with van der Waals surface area (Å²) in [5.74, 6) is -0.00443. The van der Waals surface area contributed by atoms with E-state index in [-0.39, 0.29) is 11.3 Å². The molecule has 1 aromatic rings. The Bertz CT molecular complexity index is 410. The van der Waals surface area contributed by atoms with E-state index in [1.54, 1.807) is 0 Å². The molecule has 0 radical (unpaired) electrons. The van der Waals surface area contributed by atoms with E-state index in [2.05, 4.69) is 28.2 Å². The first-order valence-corrected chi connectivity index (χ1v) is 7.00. The highest BCUT2D eigenvalue weighted by Crippen LogP contribution is 2.28. The summed E-state index contributed by atoms with van der Waals surface area (Å²) < 4.78 is 6.33. The number of ether oxygens (including phenoxy) is 1. The van der Waals surface area contributed by atoms with Crippen LogP contribution in [0.2, 0.25) is 0 Å². The van der Waals surface area contributed by atoms with Crippen LogP contribution >= 0.6 is 15.9 Å². The Labute approximate surface area is 116 Å². The lowest BCUT2D eigenvalue weighted by atomic mass is 9.82. The molecule has 0 saturated carbocycles. The van der Waals surface area contributed by atoms with Gasteiger partial charge in [-0.05, 0) is 42.5 Å². The molecule has 98 valence electrons. The average molecular weight is 312 g/mol. The molecule has 2 rings (SSSR count). The Balaban J connectivity index is 1.89. The lowest BCUT2D eigenvalue weighted by Gasteiger charge is -2.33. The maximum Gasteiger partial charge on any atom is 0.251 e. The molecule has 0 bridgehead atoms. The molecule has 1 amide bonds. The summed E-state index contributed by atoms with van der Waals surface area (Å²) in [5, 5.41) is 3.02. The second-order valence-electron chi connectivity index (χ2n) is 5.11. The fourth-order valence-electron chi connectivity index (χ4n) is 2.04. The molecule has 1 saturated heterocycles. The van der Waals surface area contributed by atoms with Gasteiger partial charge in [-0.2, -0.15) is 0 Å². The Morgan fingerprint density at radius 2 is 1.94 bits per heavy atom. The van der Waals surface area contributed by atoms with Crippen molar-refractivity contribution in [2.75, 3.05) is 19.8 Å². The van der Waals surface area contributed by atoms with Crippen molar-refractivity contribution >= 4 is 21.8 Å². The van der Waals surface area contributed by atoms with Crippen LogP contribution in [0.4, 0.5) is 0 Å². The molecule has 1 N–H and O–H groups in total. The number of halogens is 1. The molecule has 1 aromatic carbocycles. The maximum atomic E-state index is 12.0. The van der Waals surface area contributed by atoms with Gasteiger partial charge >= 0.3 is 0 Å². The van der Waals surface area contributed by atoms with Crippen LogP contribution in [0, 0.1) is 5.41 Å². The minimum Gasteiger partial charge on any atom is -0.381 e. The zero-order valence-electron chi connectivity index (χ0n) is 10.5. The fourth-order valence-corrected chi connectivity index (χ4v) is 2.30. The molecule has 1 aliphatic heterocycles. The first kappa shape index (κ1) is 13.6. The van der Waals surface area contributed by atoms with Gasteiger partial charge in [-0.1, -0.05) is 22.9 Å². The van der Waals surface area contributed by atoms with Crippen LogP contribution in [0.15, 0.2) is 28.7 Å². The zero-order valence-corrected chi connectivity index (χ0v) is 12.1. The number of rotatable bonds is 3. The highest BCUT2D eigenvalue weighted by molar-refractivity contribution is 9.10. The summed E-state index contributed by atoms with van der Waals surface area (Å²) in [6.45, 7) is 4.51. The molecule has 1 aliphatic rings. The van der Waals surface area contributed by atoms with E-state index in [0.717, 1.165) is 30.5 Å². The third-order valence-corrected chi connectivity index (χ3v) is 4.01. The molecular weight excluding hydrogens is 294 g/mol. The first-order chi connectivity index (χ1) is 8.59. The highest BCUT2D eigenvalue weighted by atomic mass is 79.9. The van der Waals surface area contributed by atoms with Gasteiger partial charge in [-0.25, -0.2) is 0 Å². The highest BCUT2D eigenvalue weighted by Gasteiger charge is 2.27. The molecule has 1 fully saturated rings. The SMILES string of the molecule is CC1(CNC(=O)c2ccc(Br)cc2)CCOCC1. The van der Waals surface area contributed by atoms with Crippen LogP contribution in [-0.4, -0.2) is 25.7 Å².